The van der Waals surface area contributed by atoms with Gasteiger partial charge in [0.15, 0.2) is 0 Å². The lowest BCUT2D eigenvalue weighted by atomic mass is 9.98. The number of pyridine rings is 1. The standard InChI is InChI=1S/C20H25F2NO2/c1-25-16-9-10-17-15(12-16)13-18(24)19(23-17)20(21,22)11-5-4-8-14-6-2-3-7-14/h9-10,12-14,24H,2-8,11H2,1H3/p-1. The molecule has 2 aromatic rings. The summed E-state index contributed by atoms with van der Waals surface area (Å²) in [7, 11) is 1.51. The second-order valence-electron chi connectivity index (χ2n) is 6.99. The van der Waals surface area contributed by atoms with E-state index in [1.807, 2.05) is 0 Å². The van der Waals surface area contributed by atoms with Gasteiger partial charge in [0.25, 0.3) is 5.92 Å². The summed E-state index contributed by atoms with van der Waals surface area (Å²) in [6.45, 7) is 0. The molecule has 0 N–H and O–H groups in total. The molecule has 0 bridgehead atoms. The van der Waals surface area contributed by atoms with Crippen LogP contribution in [0.2, 0.25) is 0 Å². The zero-order chi connectivity index (χ0) is 17.9. The molecule has 1 aromatic carbocycles. The first-order valence-corrected chi connectivity index (χ1v) is 9.04. The molecule has 0 amide bonds. The van der Waals surface area contributed by atoms with E-state index in [1.54, 1.807) is 18.2 Å². The molecule has 1 aliphatic rings. The third-order valence-electron chi connectivity index (χ3n) is 5.16. The molecule has 0 unspecified atom stereocenters. The van der Waals surface area contributed by atoms with Crippen molar-refractivity contribution >= 4 is 10.9 Å². The van der Waals surface area contributed by atoms with Crippen LogP contribution in [0.15, 0.2) is 24.3 Å². The summed E-state index contributed by atoms with van der Waals surface area (Å²) in [6, 6.07) is 6.12. The molecule has 1 aliphatic carbocycles. The zero-order valence-corrected chi connectivity index (χ0v) is 14.6. The number of unbranched alkanes of at least 4 members (excludes halogenated alkanes) is 1. The molecular weight excluding hydrogens is 324 g/mol. The van der Waals surface area contributed by atoms with Crippen molar-refractivity contribution in [2.45, 2.75) is 57.3 Å². The molecule has 136 valence electrons. The molecule has 0 spiro atoms. The lowest BCUT2D eigenvalue weighted by Crippen LogP contribution is -2.18. The van der Waals surface area contributed by atoms with Gasteiger partial charge in [-0.3, -0.25) is 0 Å². The fraction of sp³-hybridized carbons (Fsp3) is 0.550. The summed E-state index contributed by atoms with van der Waals surface area (Å²) in [5, 5.41) is 12.7. The predicted molar refractivity (Wildman–Crippen MR) is 92.1 cm³/mol. The minimum absolute atomic E-state index is 0.316. The Balaban J connectivity index is 1.68. The molecule has 0 atom stereocenters. The number of methoxy groups -OCH3 is 1. The van der Waals surface area contributed by atoms with Crippen molar-refractivity contribution in [1.29, 1.82) is 0 Å². The summed E-state index contributed by atoms with van der Waals surface area (Å²) in [6.07, 6.45) is 6.92. The van der Waals surface area contributed by atoms with E-state index >= 15 is 0 Å². The van der Waals surface area contributed by atoms with Crippen LogP contribution in [-0.4, -0.2) is 12.1 Å². The minimum Gasteiger partial charge on any atom is -0.871 e. The minimum atomic E-state index is -3.18. The van der Waals surface area contributed by atoms with E-state index in [4.69, 9.17) is 4.74 Å². The number of alkyl halides is 2. The van der Waals surface area contributed by atoms with Gasteiger partial charge >= 0.3 is 0 Å². The van der Waals surface area contributed by atoms with Gasteiger partial charge in [-0.05, 0) is 30.5 Å². The molecule has 0 aliphatic heterocycles. The van der Waals surface area contributed by atoms with Gasteiger partial charge < -0.3 is 9.84 Å². The number of aromatic nitrogens is 1. The van der Waals surface area contributed by atoms with Crippen molar-refractivity contribution in [2.75, 3.05) is 7.11 Å². The Hall–Kier alpha value is -1.91. The fourth-order valence-corrected chi connectivity index (χ4v) is 3.72. The molecule has 0 saturated heterocycles. The van der Waals surface area contributed by atoms with Crippen LogP contribution < -0.4 is 9.84 Å². The number of ether oxygens (including phenoxy) is 1. The highest BCUT2D eigenvalue weighted by Crippen LogP contribution is 2.38. The van der Waals surface area contributed by atoms with Crippen LogP contribution in [0.4, 0.5) is 8.78 Å². The van der Waals surface area contributed by atoms with Crippen LogP contribution in [0.1, 0.15) is 57.1 Å². The zero-order valence-electron chi connectivity index (χ0n) is 14.6. The number of fused-ring (bicyclic) bond motifs is 1. The predicted octanol–water partition coefficient (Wildman–Crippen LogP) is 5.16. The van der Waals surface area contributed by atoms with E-state index in [0.717, 1.165) is 12.8 Å². The maximum absolute atomic E-state index is 14.5. The number of hydrogen-bond acceptors (Lipinski definition) is 3. The fourth-order valence-electron chi connectivity index (χ4n) is 3.72. The molecule has 25 heavy (non-hydrogen) atoms. The van der Waals surface area contributed by atoms with E-state index in [9.17, 15) is 13.9 Å². The molecule has 3 rings (SSSR count). The van der Waals surface area contributed by atoms with Crippen molar-refractivity contribution in [3.05, 3.63) is 30.0 Å². The smallest absolute Gasteiger partial charge is 0.289 e. The number of nitrogens with zero attached hydrogens (tertiary/aromatic N) is 1. The van der Waals surface area contributed by atoms with Gasteiger partial charge in [0, 0.05) is 11.8 Å². The third kappa shape index (κ3) is 4.20. The SMILES string of the molecule is COc1ccc2nc(C(F)(F)CCCCC3CCCC3)c([O-])cc2c1. The first-order valence-electron chi connectivity index (χ1n) is 9.04. The van der Waals surface area contributed by atoms with Gasteiger partial charge in [-0.1, -0.05) is 50.3 Å². The maximum Gasteiger partial charge on any atom is 0.289 e. The van der Waals surface area contributed by atoms with E-state index in [2.05, 4.69) is 4.98 Å². The molecule has 0 radical (unpaired) electrons. The highest BCUT2D eigenvalue weighted by atomic mass is 19.3. The van der Waals surface area contributed by atoms with Crippen molar-refractivity contribution in [2.24, 2.45) is 5.92 Å². The Bertz CT molecular complexity index is 727. The van der Waals surface area contributed by atoms with Crippen LogP contribution in [0.3, 0.4) is 0 Å². The van der Waals surface area contributed by atoms with E-state index in [1.165, 1.54) is 38.9 Å². The molecule has 3 nitrogen and oxygen atoms in total. The van der Waals surface area contributed by atoms with Crippen LogP contribution in [0.25, 0.3) is 10.9 Å². The van der Waals surface area contributed by atoms with Crippen molar-refractivity contribution in [3.8, 4) is 11.5 Å². The number of hydrogen-bond donors (Lipinski definition) is 0. The normalized spacial score (nSPS) is 15.8. The van der Waals surface area contributed by atoms with Gasteiger partial charge in [0.05, 0.1) is 12.6 Å². The third-order valence-corrected chi connectivity index (χ3v) is 5.16. The van der Waals surface area contributed by atoms with Crippen LogP contribution in [-0.2, 0) is 5.92 Å². The van der Waals surface area contributed by atoms with Gasteiger partial charge in [0.1, 0.15) is 11.4 Å². The lowest BCUT2D eigenvalue weighted by molar-refractivity contribution is -0.273. The Labute approximate surface area is 147 Å². The summed E-state index contributed by atoms with van der Waals surface area (Å²) >= 11 is 0. The first kappa shape index (κ1) is 17.9. The second-order valence-corrected chi connectivity index (χ2v) is 6.99. The summed E-state index contributed by atoms with van der Waals surface area (Å²) in [5.74, 6) is -2.61. The summed E-state index contributed by atoms with van der Waals surface area (Å²) in [4.78, 5) is 3.96. The molecule has 1 saturated carbocycles. The van der Waals surface area contributed by atoms with E-state index in [0.29, 0.717) is 29.0 Å². The quantitative estimate of drug-likeness (QED) is 0.649. The van der Waals surface area contributed by atoms with E-state index in [-0.39, 0.29) is 6.42 Å². The number of halogens is 2. The summed E-state index contributed by atoms with van der Waals surface area (Å²) in [5.41, 5.74) is -0.243. The average Bonchev–Trinajstić information content (AvgIpc) is 3.11. The van der Waals surface area contributed by atoms with Crippen molar-refractivity contribution in [1.82, 2.24) is 4.98 Å². The lowest BCUT2D eigenvalue weighted by Gasteiger charge is -2.22. The van der Waals surface area contributed by atoms with Crippen LogP contribution in [0.5, 0.6) is 11.5 Å². The number of rotatable bonds is 7. The summed E-state index contributed by atoms with van der Waals surface area (Å²) < 4.78 is 34.1. The Morgan fingerprint density at radius 1 is 1.20 bits per heavy atom. The Morgan fingerprint density at radius 2 is 1.96 bits per heavy atom. The van der Waals surface area contributed by atoms with Crippen molar-refractivity contribution < 1.29 is 18.6 Å². The maximum atomic E-state index is 14.5. The highest BCUT2D eigenvalue weighted by Gasteiger charge is 2.33. The Morgan fingerprint density at radius 3 is 2.68 bits per heavy atom. The van der Waals surface area contributed by atoms with Crippen LogP contribution in [0, 0.1) is 5.92 Å². The molecule has 1 aromatic heterocycles. The topological polar surface area (TPSA) is 45.2 Å². The molecule has 1 fully saturated rings. The van der Waals surface area contributed by atoms with Gasteiger partial charge in [-0.15, -0.1) is 0 Å². The van der Waals surface area contributed by atoms with Gasteiger partial charge in [0.2, 0.25) is 0 Å². The van der Waals surface area contributed by atoms with Gasteiger partial charge in [-0.2, -0.15) is 8.78 Å². The number of benzene rings is 1. The van der Waals surface area contributed by atoms with E-state index < -0.39 is 17.4 Å². The molecular formula is C20H24F2NO2-. The molecule has 5 heteroatoms. The van der Waals surface area contributed by atoms with Gasteiger partial charge in [-0.25, -0.2) is 4.98 Å². The Kier molecular flexibility index (Phi) is 5.40. The monoisotopic (exact) mass is 348 g/mol. The molecule has 1 heterocycles. The highest BCUT2D eigenvalue weighted by molar-refractivity contribution is 5.81. The van der Waals surface area contributed by atoms with Crippen molar-refractivity contribution in [3.63, 3.8) is 0 Å². The first-order chi connectivity index (χ1) is 12.0. The second kappa shape index (κ2) is 7.54. The average molecular weight is 348 g/mol. The van der Waals surface area contributed by atoms with Crippen LogP contribution >= 0.6 is 0 Å². The largest absolute Gasteiger partial charge is 0.871 e.